The van der Waals surface area contributed by atoms with Gasteiger partial charge in [0, 0.05) is 42.8 Å². The van der Waals surface area contributed by atoms with Crippen LogP contribution in [0.4, 0.5) is 0 Å². The van der Waals surface area contributed by atoms with Gasteiger partial charge in [-0.3, -0.25) is 19.7 Å². The molecule has 1 aliphatic rings. The minimum Gasteiger partial charge on any atom is -0.464 e. The van der Waals surface area contributed by atoms with E-state index in [4.69, 9.17) is 9.94 Å². The van der Waals surface area contributed by atoms with Crippen molar-refractivity contribution >= 4 is 28.9 Å². The summed E-state index contributed by atoms with van der Waals surface area (Å²) in [6.45, 7) is 2.62. The van der Waals surface area contributed by atoms with Crippen LogP contribution in [0.3, 0.4) is 0 Å². The molecule has 3 N–H and O–H groups in total. The first-order valence-electron chi connectivity index (χ1n) is 12.8. The maximum absolute atomic E-state index is 12.5. The lowest BCUT2D eigenvalue weighted by Gasteiger charge is -2.24. The van der Waals surface area contributed by atoms with Crippen LogP contribution in [0, 0.1) is 5.92 Å². The second-order valence-corrected chi connectivity index (χ2v) is 9.44. The van der Waals surface area contributed by atoms with Crippen LogP contribution >= 0.6 is 0 Å². The number of amides is 1. The molecule has 7 nitrogen and oxygen atoms in total. The van der Waals surface area contributed by atoms with Crippen molar-refractivity contribution < 1.29 is 19.5 Å². The fraction of sp³-hybridized carbons (Fsp3) is 0.379. The number of rotatable bonds is 11. The van der Waals surface area contributed by atoms with Gasteiger partial charge in [0.2, 0.25) is 0 Å². The Morgan fingerprint density at radius 3 is 2.61 bits per heavy atom. The molecule has 1 fully saturated rings. The average molecular weight is 490 g/mol. The fourth-order valence-electron chi connectivity index (χ4n) is 4.82. The van der Waals surface area contributed by atoms with Gasteiger partial charge in [-0.2, -0.15) is 0 Å². The number of carbonyl (C=O) groups excluding carboxylic acids is 2. The maximum Gasteiger partial charge on any atom is 0.308 e. The molecule has 0 saturated heterocycles. The third-order valence-electron chi connectivity index (χ3n) is 6.89. The predicted octanol–water partition coefficient (Wildman–Crippen LogP) is 4.85. The van der Waals surface area contributed by atoms with Gasteiger partial charge >= 0.3 is 5.97 Å². The molecule has 2 aromatic carbocycles. The number of carbonyl (C=O) groups is 2. The lowest BCUT2D eigenvalue weighted by Crippen LogP contribution is -2.31. The molecule has 0 atom stereocenters. The van der Waals surface area contributed by atoms with Crippen LogP contribution in [0.25, 0.3) is 17.0 Å². The number of ether oxygens (including phenoxy) is 1. The number of hydrogen-bond acceptors (Lipinski definition) is 5. The van der Waals surface area contributed by atoms with Gasteiger partial charge in [0.05, 0.1) is 5.92 Å². The zero-order valence-corrected chi connectivity index (χ0v) is 20.6. The van der Waals surface area contributed by atoms with E-state index in [2.05, 4.69) is 34.3 Å². The van der Waals surface area contributed by atoms with Crippen molar-refractivity contribution in [1.82, 2.24) is 15.4 Å². The molecule has 3 aromatic rings. The number of esters is 1. The highest BCUT2D eigenvalue weighted by Crippen LogP contribution is 2.24. The first-order valence-corrected chi connectivity index (χ1v) is 12.8. The Morgan fingerprint density at radius 1 is 1.06 bits per heavy atom. The van der Waals surface area contributed by atoms with Crippen LogP contribution in [0.2, 0.25) is 0 Å². The van der Waals surface area contributed by atoms with E-state index in [1.54, 1.807) is 11.6 Å². The van der Waals surface area contributed by atoms with Crippen molar-refractivity contribution in [1.29, 1.82) is 0 Å². The molecule has 1 heterocycles. The van der Waals surface area contributed by atoms with Gasteiger partial charge in [-0.15, -0.1) is 0 Å². The van der Waals surface area contributed by atoms with E-state index >= 15 is 0 Å². The summed E-state index contributed by atoms with van der Waals surface area (Å²) in [5, 5.41) is 9.86. The highest BCUT2D eigenvalue weighted by molar-refractivity contribution is 5.90. The Morgan fingerprint density at radius 2 is 1.83 bits per heavy atom. The summed E-state index contributed by atoms with van der Waals surface area (Å²) < 4.78 is 5.69. The number of benzene rings is 2. The van der Waals surface area contributed by atoms with Crippen LogP contribution in [-0.4, -0.2) is 46.7 Å². The number of nitrogens with one attached hydrogen (secondary N) is 2. The van der Waals surface area contributed by atoms with E-state index in [0.29, 0.717) is 13.2 Å². The van der Waals surface area contributed by atoms with Crippen molar-refractivity contribution in [3.05, 3.63) is 77.5 Å². The highest BCUT2D eigenvalue weighted by Gasteiger charge is 2.22. The molecule has 36 heavy (non-hydrogen) atoms. The topological polar surface area (TPSA) is 94.7 Å². The minimum atomic E-state index is -0.565. The van der Waals surface area contributed by atoms with Crippen LogP contribution in [0.15, 0.2) is 60.8 Å². The van der Waals surface area contributed by atoms with Gasteiger partial charge in [-0.1, -0.05) is 61.7 Å². The lowest BCUT2D eigenvalue weighted by atomic mass is 9.89. The smallest absolute Gasteiger partial charge is 0.308 e. The summed E-state index contributed by atoms with van der Waals surface area (Å²) in [4.78, 5) is 29.4. The fourth-order valence-corrected chi connectivity index (χ4v) is 4.82. The number of H-pyrrole nitrogens is 1. The Hall–Kier alpha value is -3.42. The van der Waals surface area contributed by atoms with Crippen molar-refractivity contribution in [2.24, 2.45) is 5.92 Å². The van der Waals surface area contributed by atoms with Crippen molar-refractivity contribution in [3.8, 4) is 0 Å². The van der Waals surface area contributed by atoms with Crippen LogP contribution < -0.4 is 5.48 Å². The monoisotopic (exact) mass is 489 g/mol. The van der Waals surface area contributed by atoms with Gasteiger partial charge in [0.15, 0.2) is 0 Å². The van der Waals surface area contributed by atoms with Gasteiger partial charge in [-0.05, 0) is 48.1 Å². The first-order chi connectivity index (χ1) is 17.6. The Kier molecular flexibility index (Phi) is 9.30. The summed E-state index contributed by atoms with van der Waals surface area (Å²) in [7, 11) is 0. The molecule has 1 aliphatic carbocycles. The molecular weight excluding hydrogens is 454 g/mol. The van der Waals surface area contributed by atoms with E-state index in [9.17, 15) is 9.59 Å². The average Bonchev–Trinajstić information content (AvgIpc) is 3.34. The van der Waals surface area contributed by atoms with Gasteiger partial charge in [0.25, 0.3) is 5.91 Å². The summed E-state index contributed by atoms with van der Waals surface area (Å²) in [6.07, 6.45) is 11.2. The molecule has 190 valence electrons. The van der Waals surface area contributed by atoms with Crippen LogP contribution in [-0.2, 0) is 27.3 Å². The number of para-hydroxylation sites is 1. The first kappa shape index (κ1) is 25.7. The Balaban J connectivity index is 1.37. The van der Waals surface area contributed by atoms with Crippen LogP contribution in [0.5, 0.6) is 0 Å². The summed E-state index contributed by atoms with van der Waals surface area (Å²) in [6, 6.07) is 16.3. The third-order valence-corrected chi connectivity index (χ3v) is 6.89. The van der Waals surface area contributed by atoms with Gasteiger partial charge in [-0.25, -0.2) is 5.48 Å². The molecule has 0 radical (unpaired) electrons. The third kappa shape index (κ3) is 7.29. The minimum absolute atomic E-state index is 0.0469. The summed E-state index contributed by atoms with van der Waals surface area (Å²) in [5.74, 6) is -0.549. The van der Waals surface area contributed by atoms with E-state index in [-0.39, 0.29) is 11.9 Å². The molecule has 1 amide bonds. The second kappa shape index (κ2) is 13.0. The zero-order chi connectivity index (χ0) is 25.2. The quantitative estimate of drug-likeness (QED) is 0.155. The number of aromatic nitrogens is 1. The largest absolute Gasteiger partial charge is 0.464 e. The van der Waals surface area contributed by atoms with Crippen molar-refractivity contribution in [3.63, 3.8) is 0 Å². The molecule has 7 heteroatoms. The standard InChI is InChI=1S/C29H35N3O4/c33-28(31-35)15-14-22-10-12-23(13-11-22)21-32(18-19-36-29(34)24-6-2-1-3-7-24)17-16-25-20-30-27-9-5-4-8-26(25)27/h4-5,8-15,20,24,30,35H,1-3,6-7,16-19,21H2,(H,31,33). The highest BCUT2D eigenvalue weighted by atomic mass is 16.5. The van der Waals surface area contributed by atoms with Gasteiger partial charge in [0.1, 0.15) is 6.61 Å². The normalized spacial score (nSPS) is 14.5. The van der Waals surface area contributed by atoms with E-state index in [0.717, 1.165) is 61.8 Å². The zero-order valence-electron chi connectivity index (χ0n) is 20.6. The van der Waals surface area contributed by atoms with E-state index in [1.807, 2.05) is 30.3 Å². The summed E-state index contributed by atoms with van der Waals surface area (Å²) >= 11 is 0. The lowest BCUT2D eigenvalue weighted by molar-refractivity contribution is -0.150. The molecule has 0 spiro atoms. The molecule has 1 aromatic heterocycles. The van der Waals surface area contributed by atoms with E-state index in [1.165, 1.54) is 23.4 Å². The Bertz CT molecular complexity index is 1160. The SMILES string of the molecule is O=C(C=Cc1ccc(CN(CCOC(=O)C2CCCCC2)CCc2c[nH]c3ccccc23)cc1)NO. The number of hydrogen-bond donors (Lipinski definition) is 3. The van der Waals surface area contributed by atoms with Gasteiger partial charge < -0.3 is 9.72 Å². The predicted molar refractivity (Wildman–Crippen MR) is 140 cm³/mol. The number of fused-ring (bicyclic) bond motifs is 1. The molecule has 0 aliphatic heterocycles. The number of aromatic amines is 1. The van der Waals surface area contributed by atoms with Crippen molar-refractivity contribution in [2.75, 3.05) is 19.7 Å². The number of hydroxylamine groups is 1. The second-order valence-electron chi connectivity index (χ2n) is 9.44. The maximum atomic E-state index is 12.5. The van der Waals surface area contributed by atoms with E-state index < -0.39 is 5.91 Å². The summed E-state index contributed by atoms with van der Waals surface area (Å²) in [5.41, 5.74) is 6.01. The molecule has 1 saturated carbocycles. The molecule has 4 rings (SSSR count). The molecule has 0 bridgehead atoms. The number of nitrogens with zero attached hydrogens (tertiary/aromatic N) is 1. The molecular formula is C29H35N3O4. The molecule has 0 unspecified atom stereocenters. The van der Waals surface area contributed by atoms with Crippen molar-refractivity contribution in [2.45, 2.75) is 45.1 Å². The Labute approximate surface area is 212 Å². The van der Waals surface area contributed by atoms with Crippen LogP contribution in [0.1, 0.15) is 48.8 Å².